The van der Waals surface area contributed by atoms with Gasteiger partial charge in [0.05, 0.1) is 6.61 Å². The normalized spacial score (nSPS) is 21.2. The van der Waals surface area contributed by atoms with Crippen molar-refractivity contribution in [3.05, 3.63) is 0 Å². The molecule has 1 aliphatic heterocycles. The van der Waals surface area contributed by atoms with Crippen LogP contribution in [0.15, 0.2) is 0 Å². The standard InChI is InChI=1S/C11H22N2O3/c1-11(2,3)16-10(14)13-6-4-9(8-13)5-7-15-12/h9H,4-8,12H2,1-3H3. The molecular formula is C11H22N2O3. The smallest absolute Gasteiger partial charge is 0.410 e. The maximum absolute atomic E-state index is 11.7. The molecule has 0 aromatic rings. The fourth-order valence-corrected chi connectivity index (χ4v) is 1.80. The fraction of sp³-hybridized carbons (Fsp3) is 0.909. The molecule has 1 unspecified atom stereocenters. The Labute approximate surface area is 96.8 Å². The van der Waals surface area contributed by atoms with Crippen molar-refractivity contribution < 1.29 is 14.4 Å². The van der Waals surface area contributed by atoms with Gasteiger partial charge < -0.3 is 14.5 Å². The minimum absolute atomic E-state index is 0.219. The Morgan fingerprint density at radius 3 is 2.75 bits per heavy atom. The lowest BCUT2D eigenvalue weighted by Crippen LogP contribution is -2.35. The summed E-state index contributed by atoms with van der Waals surface area (Å²) in [5, 5.41) is 0. The number of carbonyl (C=O) groups is 1. The average molecular weight is 230 g/mol. The predicted octanol–water partition coefficient (Wildman–Crippen LogP) is 1.52. The fourth-order valence-electron chi connectivity index (χ4n) is 1.80. The number of nitrogens with zero attached hydrogens (tertiary/aromatic N) is 1. The molecule has 0 bridgehead atoms. The van der Waals surface area contributed by atoms with Gasteiger partial charge in [-0.25, -0.2) is 10.7 Å². The number of ether oxygens (including phenoxy) is 1. The molecule has 0 radical (unpaired) electrons. The van der Waals surface area contributed by atoms with Crippen molar-refractivity contribution in [2.45, 2.75) is 39.2 Å². The van der Waals surface area contributed by atoms with Gasteiger partial charge in [-0.05, 0) is 39.5 Å². The van der Waals surface area contributed by atoms with Crippen LogP contribution in [-0.2, 0) is 9.57 Å². The van der Waals surface area contributed by atoms with Crippen molar-refractivity contribution in [2.75, 3.05) is 19.7 Å². The molecule has 1 rings (SSSR count). The van der Waals surface area contributed by atoms with Gasteiger partial charge in [0.25, 0.3) is 0 Å². The monoisotopic (exact) mass is 230 g/mol. The summed E-state index contributed by atoms with van der Waals surface area (Å²) < 4.78 is 5.31. The molecule has 0 aliphatic carbocycles. The van der Waals surface area contributed by atoms with Gasteiger partial charge >= 0.3 is 6.09 Å². The zero-order valence-corrected chi connectivity index (χ0v) is 10.4. The van der Waals surface area contributed by atoms with Gasteiger partial charge in [0.1, 0.15) is 5.60 Å². The van der Waals surface area contributed by atoms with Gasteiger partial charge in [0.15, 0.2) is 0 Å². The van der Waals surface area contributed by atoms with Gasteiger partial charge in [0.2, 0.25) is 0 Å². The Morgan fingerprint density at radius 2 is 2.19 bits per heavy atom. The first-order valence-electron chi connectivity index (χ1n) is 5.72. The molecule has 94 valence electrons. The first-order valence-corrected chi connectivity index (χ1v) is 5.72. The van der Waals surface area contributed by atoms with Crippen molar-refractivity contribution >= 4 is 6.09 Å². The van der Waals surface area contributed by atoms with Crippen molar-refractivity contribution in [3.63, 3.8) is 0 Å². The second-order valence-corrected chi connectivity index (χ2v) is 5.24. The predicted molar refractivity (Wildman–Crippen MR) is 60.7 cm³/mol. The van der Waals surface area contributed by atoms with Crippen LogP contribution in [0, 0.1) is 5.92 Å². The van der Waals surface area contributed by atoms with Crippen LogP contribution in [0.1, 0.15) is 33.6 Å². The van der Waals surface area contributed by atoms with E-state index in [-0.39, 0.29) is 6.09 Å². The highest BCUT2D eigenvalue weighted by Gasteiger charge is 2.29. The van der Waals surface area contributed by atoms with Crippen LogP contribution in [-0.4, -0.2) is 36.3 Å². The van der Waals surface area contributed by atoms with Crippen molar-refractivity contribution in [1.29, 1.82) is 0 Å². The maximum atomic E-state index is 11.7. The van der Waals surface area contributed by atoms with E-state index in [1.807, 2.05) is 20.8 Å². The second-order valence-electron chi connectivity index (χ2n) is 5.24. The minimum Gasteiger partial charge on any atom is -0.444 e. The number of rotatable bonds is 3. The number of amides is 1. The molecule has 5 heteroatoms. The van der Waals surface area contributed by atoms with Crippen LogP contribution >= 0.6 is 0 Å². The Hall–Kier alpha value is -0.810. The zero-order valence-electron chi connectivity index (χ0n) is 10.4. The van der Waals surface area contributed by atoms with Crippen LogP contribution < -0.4 is 5.90 Å². The molecule has 1 atom stereocenters. The SMILES string of the molecule is CC(C)(C)OC(=O)N1CCC(CCON)C1. The van der Waals surface area contributed by atoms with E-state index in [1.54, 1.807) is 4.90 Å². The molecule has 0 saturated carbocycles. The third-order valence-electron chi connectivity index (χ3n) is 2.58. The largest absolute Gasteiger partial charge is 0.444 e. The van der Waals surface area contributed by atoms with E-state index in [1.165, 1.54) is 0 Å². The van der Waals surface area contributed by atoms with E-state index in [0.717, 1.165) is 25.9 Å². The van der Waals surface area contributed by atoms with Crippen molar-refractivity contribution in [2.24, 2.45) is 11.8 Å². The molecule has 1 heterocycles. The highest BCUT2D eigenvalue weighted by atomic mass is 16.6. The van der Waals surface area contributed by atoms with Crippen LogP contribution in [0.25, 0.3) is 0 Å². The van der Waals surface area contributed by atoms with Crippen LogP contribution in [0.4, 0.5) is 4.79 Å². The summed E-state index contributed by atoms with van der Waals surface area (Å²) in [6, 6.07) is 0. The van der Waals surface area contributed by atoms with Gasteiger partial charge in [0, 0.05) is 13.1 Å². The van der Waals surface area contributed by atoms with Gasteiger partial charge in [-0.15, -0.1) is 0 Å². The third kappa shape index (κ3) is 4.37. The zero-order chi connectivity index (χ0) is 12.2. The quantitative estimate of drug-likeness (QED) is 0.747. The maximum Gasteiger partial charge on any atom is 0.410 e. The van der Waals surface area contributed by atoms with E-state index in [0.29, 0.717) is 12.5 Å². The van der Waals surface area contributed by atoms with E-state index >= 15 is 0 Å². The number of likely N-dealkylation sites (tertiary alicyclic amines) is 1. The van der Waals surface area contributed by atoms with E-state index < -0.39 is 5.60 Å². The lowest BCUT2D eigenvalue weighted by molar-refractivity contribution is 0.0284. The second kappa shape index (κ2) is 5.50. The topological polar surface area (TPSA) is 64.8 Å². The number of nitrogens with two attached hydrogens (primary N) is 1. The van der Waals surface area contributed by atoms with E-state index in [2.05, 4.69) is 4.84 Å². The Kier molecular flexibility index (Phi) is 4.56. The van der Waals surface area contributed by atoms with E-state index in [9.17, 15) is 4.79 Å². The Bertz CT molecular complexity index is 238. The van der Waals surface area contributed by atoms with Gasteiger partial charge in [-0.2, -0.15) is 0 Å². The molecule has 0 spiro atoms. The number of hydrogen-bond acceptors (Lipinski definition) is 4. The van der Waals surface area contributed by atoms with Gasteiger partial charge in [-0.1, -0.05) is 0 Å². The van der Waals surface area contributed by atoms with Crippen LogP contribution in [0.2, 0.25) is 0 Å². The summed E-state index contributed by atoms with van der Waals surface area (Å²) in [6.45, 7) is 7.69. The molecule has 16 heavy (non-hydrogen) atoms. The van der Waals surface area contributed by atoms with Crippen LogP contribution in [0.3, 0.4) is 0 Å². The molecule has 1 saturated heterocycles. The highest BCUT2D eigenvalue weighted by molar-refractivity contribution is 5.68. The highest BCUT2D eigenvalue weighted by Crippen LogP contribution is 2.21. The first kappa shape index (κ1) is 13.3. The van der Waals surface area contributed by atoms with Crippen molar-refractivity contribution in [3.8, 4) is 0 Å². The number of carbonyl (C=O) groups excluding carboxylic acids is 1. The van der Waals surface area contributed by atoms with Crippen molar-refractivity contribution in [1.82, 2.24) is 4.90 Å². The summed E-state index contributed by atoms with van der Waals surface area (Å²) in [4.78, 5) is 18.0. The summed E-state index contributed by atoms with van der Waals surface area (Å²) in [5.41, 5.74) is -0.421. The molecule has 1 amide bonds. The lowest BCUT2D eigenvalue weighted by atomic mass is 10.1. The molecular weight excluding hydrogens is 208 g/mol. The Morgan fingerprint density at radius 1 is 1.50 bits per heavy atom. The molecule has 2 N–H and O–H groups in total. The number of hydrogen-bond donors (Lipinski definition) is 1. The van der Waals surface area contributed by atoms with E-state index in [4.69, 9.17) is 10.6 Å². The van der Waals surface area contributed by atoms with Crippen LogP contribution in [0.5, 0.6) is 0 Å². The minimum atomic E-state index is -0.421. The first-order chi connectivity index (χ1) is 7.42. The Balaban J connectivity index is 2.32. The summed E-state index contributed by atoms with van der Waals surface area (Å²) >= 11 is 0. The average Bonchev–Trinajstić information content (AvgIpc) is 2.60. The summed E-state index contributed by atoms with van der Waals surface area (Å²) in [5.74, 6) is 5.46. The summed E-state index contributed by atoms with van der Waals surface area (Å²) in [7, 11) is 0. The third-order valence-corrected chi connectivity index (χ3v) is 2.58. The summed E-state index contributed by atoms with van der Waals surface area (Å²) in [6.07, 6.45) is 1.68. The lowest BCUT2D eigenvalue weighted by Gasteiger charge is -2.24. The molecule has 0 aromatic carbocycles. The molecule has 1 fully saturated rings. The molecule has 1 aliphatic rings. The molecule has 5 nitrogen and oxygen atoms in total. The molecule has 0 aromatic heterocycles. The van der Waals surface area contributed by atoms with Gasteiger partial charge in [-0.3, -0.25) is 0 Å².